The van der Waals surface area contributed by atoms with Crippen LogP contribution in [0.2, 0.25) is 0 Å². The molecule has 0 saturated heterocycles. The van der Waals surface area contributed by atoms with Crippen molar-refractivity contribution in [3.05, 3.63) is 17.8 Å². The summed E-state index contributed by atoms with van der Waals surface area (Å²) in [7, 11) is 4.03. The Morgan fingerprint density at radius 1 is 1.57 bits per heavy atom. The summed E-state index contributed by atoms with van der Waals surface area (Å²) in [6, 6.07) is 0. The number of rotatable bonds is 5. The summed E-state index contributed by atoms with van der Waals surface area (Å²) in [5, 5.41) is 8.93. The minimum atomic E-state index is 0.0619. The van der Waals surface area contributed by atoms with Crippen molar-refractivity contribution in [1.29, 1.82) is 0 Å². The Morgan fingerprint density at radius 3 is 2.86 bits per heavy atom. The van der Waals surface area contributed by atoms with Gasteiger partial charge in [0.1, 0.15) is 6.26 Å². The molecular formula is C10H18N2O2. The number of hydrogen-bond donors (Lipinski definition) is 1. The molecule has 0 aliphatic rings. The molecule has 80 valence electrons. The second-order valence-electron chi connectivity index (χ2n) is 3.80. The molecule has 0 fully saturated rings. The van der Waals surface area contributed by atoms with Gasteiger partial charge in [-0.3, -0.25) is 0 Å². The highest BCUT2D eigenvalue weighted by molar-refractivity contribution is 5.03. The van der Waals surface area contributed by atoms with Crippen LogP contribution in [0.15, 0.2) is 10.7 Å². The van der Waals surface area contributed by atoms with Gasteiger partial charge in [0.25, 0.3) is 0 Å². The molecule has 1 atom stereocenters. The van der Waals surface area contributed by atoms with Gasteiger partial charge in [-0.25, -0.2) is 4.98 Å². The predicted molar refractivity (Wildman–Crippen MR) is 54.3 cm³/mol. The number of likely N-dealkylation sites (N-methyl/N-ethyl adjacent to an activating group) is 1. The number of aliphatic hydroxyl groups excluding tert-OH is 1. The lowest BCUT2D eigenvalue weighted by atomic mass is 10.1. The Bertz CT molecular complexity index is 271. The van der Waals surface area contributed by atoms with Gasteiger partial charge in [0.15, 0.2) is 5.89 Å². The molecule has 0 aliphatic carbocycles. The molecule has 4 nitrogen and oxygen atoms in total. The van der Waals surface area contributed by atoms with Crippen molar-refractivity contribution in [2.75, 3.05) is 27.2 Å². The predicted octanol–water partition coefficient (Wildman–Crippen LogP) is 0.875. The van der Waals surface area contributed by atoms with Gasteiger partial charge < -0.3 is 14.4 Å². The molecule has 1 rings (SSSR count). The van der Waals surface area contributed by atoms with E-state index in [0.29, 0.717) is 0 Å². The molecule has 1 aromatic heterocycles. The molecule has 0 amide bonds. The molecule has 0 radical (unpaired) electrons. The van der Waals surface area contributed by atoms with Crippen LogP contribution in [0.1, 0.15) is 24.4 Å². The highest BCUT2D eigenvalue weighted by atomic mass is 16.3. The maximum absolute atomic E-state index is 8.93. The third-order valence-electron chi connectivity index (χ3n) is 2.12. The molecule has 0 saturated carbocycles. The molecule has 1 unspecified atom stereocenters. The largest absolute Gasteiger partial charge is 0.449 e. The third-order valence-corrected chi connectivity index (χ3v) is 2.12. The summed E-state index contributed by atoms with van der Waals surface area (Å²) in [5.41, 5.74) is 0.834. The Kier molecular flexibility index (Phi) is 4.10. The number of oxazole rings is 1. The zero-order chi connectivity index (χ0) is 10.6. The van der Waals surface area contributed by atoms with E-state index in [4.69, 9.17) is 9.52 Å². The summed E-state index contributed by atoms with van der Waals surface area (Å²) in [6.45, 7) is 2.96. The van der Waals surface area contributed by atoms with Gasteiger partial charge in [-0.1, -0.05) is 6.92 Å². The van der Waals surface area contributed by atoms with Crippen LogP contribution in [-0.4, -0.2) is 42.2 Å². The number of aromatic nitrogens is 1. The molecule has 1 N–H and O–H groups in total. The van der Waals surface area contributed by atoms with E-state index in [0.717, 1.165) is 24.6 Å². The second-order valence-corrected chi connectivity index (χ2v) is 3.80. The van der Waals surface area contributed by atoms with E-state index in [2.05, 4.69) is 9.88 Å². The zero-order valence-corrected chi connectivity index (χ0v) is 9.03. The maximum Gasteiger partial charge on any atom is 0.195 e. The van der Waals surface area contributed by atoms with Crippen molar-refractivity contribution < 1.29 is 9.52 Å². The third kappa shape index (κ3) is 3.12. The van der Waals surface area contributed by atoms with Crippen LogP contribution < -0.4 is 0 Å². The summed E-state index contributed by atoms with van der Waals surface area (Å²) < 4.78 is 5.29. The van der Waals surface area contributed by atoms with E-state index in [1.807, 2.05) is 21.0 Å². The molecule has 0 bridgehead atoms. The molecule has 4 heteroatoms. The Hall–Kier alpha value is -0.870. The maximum atomic E-state index is 8.93. The molecule has 1 heterocycles. The molecule has 14 heavy (non-hydrogen) atoms. The van der Waals surface area contributed by atoms with Gasteiger partial charge in [0.05, 0.1) is 12.3 Å². The normalized spacial score (nSPS) is 13.5. The quantitative estimate of drug-likeness (QED) is 0.763. The summed E-state index contributed by atoms with van der Waals surface area (Å²) in [4.78, 5) is 6.38. The van der Waals surface area contributed by atoms with E-state index in [1.165, 1.54) is 0 Å². The number of nitrogens with zero attached hydrogens (tertiary/aromatic N) is 2. The fourth-order valence-electron chi connectivity index (χ4n) is 1.08. The van der Waals surface area contributed by atoms with Gasteiger partial charge in [-0.15, -0.1) is 0 Å². The minimum Gasteiger partial charge on any atom is -0.449 e. The van der Waals surface area contributed by atoms with Crippen molar-refractivity contribution in [3.8, 4) is 0 Å². The van der Waals surface area contributed by atoms with E-state index in [1.54, 1.807) is 6.26 Å². The van der Waals surface area contributed by atoms with E-state index >= 15 is 0 Å². The van der Waals surface area contributed by atoms with Crippen LogP contribution >= 0.6 is 0 Å². The Labute approximate surface area is 84.6 Å². The topological polar surface area (TPSA) is 49.5 Å². The van der Waals surface area contributed by atoms with Gasteiger partial charge in [0, 0.05) is 18.9 Å². The minimum absolute atomic E-state index is 0.0619. The monoisotopic (exact) mass is 198 g/mol. The standard InChI is InChI=1S/C10H18N2O2/c1-8(6-13)9-7-14-10(11-9)4-5-12(2)3/h7-8,13H,4-6H2,1-3H3. The first-order valence-corrected chi connectivity index (χ1v) is 4.83. The van der Waals surface area contributed by atoms with Crippen LogP contribution in [-0.2, 0) is 6.42 Å². The molecule has 0 aromatic carbocycles. The first kappa shape index (κ1) is 11.2. The zero-order valence-electron chi connectivity index (χ0n) is 9.03. The first-order valence-electron chi connectivity index (χ1n) is 4.83. The Balaban J connectivity index is 2.50. The second kappa shape index (κ2) is 5.12. The van der Waals surface area contributed by atoms with Crippen LogP contribution in [0.4, 0.5) is 0 Å². The summed E-state index contributed by atoms with van der Waals surface area (Å²) in [5.74, 6) is 0.806. The van der Waals surface area contributed by atoms with Crippen LogP contribution in [0, 0.1) is 0 Å². The van der Waals surface area contributed by atoms with Crippen molar-refractivity contribution in [3.63, 3.8) is 0 Å². The van der Waals surface area contributed by atoms with Gasteiger partial charge in [-0.05, 0) is 14.1 Å². The van der Waals surface area contributed by atoms with E-state index in [9.17, 15) is 0 Å². The van der Waals surface area contributed by atoms with Crippen molar-refractivity contribution in [1.82, 2.24) is 9.88 Å². The van der Waals surface area contributed by atoms with E-state index < -0.39 is 0 Å². The lowest BCUT2D eigenvalue weighted by Crippen LogP contribution is -2.15. The van der Waals surface area contributed by atoms with Gasteiger partial charge >= 0.3 is 0 Å². The highest BCUT2D eigenvalue weighted by Gasteiger charge is 2.10. The SMILES string of the molecule is CC(CO)c1coc(CCN(C)C)n1. The summed E-state index contributed by atoms with van der Waals surface area (Å²) >= 11 is 0. The fraction of sp³-hybridized carbons (Fsp3) is 0.700. The molecule has 1 aromatic rings. The van der Waals surface area contributed by atoms with Crippen LogP contribution in [0.25, 0.3) is 0 Å². The number of hydrogen-bond acceptors (Lipinski definition) is 4. The summed E-state index contributed by atoms with van der Waals surface area (Å²) in [6.07, 6.45) is 2.44. The van der Waals surface area contributed by atoms with Gasteiger partial charge in [-0.2, -0.15) is 0 Å². The van der Waals surface area contributed by atoms with E-state index in [-0.39, 0.29) is 12.5 Å². The van der Waals surface area contributed by atoms with Crippen molar-refractivity contribution in [2.45, 2.75) is 19.3 Å². The highest BCUT2D eigenvalue weighted by Crippen LogP contribution is 2.13. The van der Waals surface area contributed by atoms with Gasteiger partial charge in [0.2, 0.25) is 0 Å². The Morgan fingerprint density at radius 2 is 2.29 bits per heavy atom. The van der Waals surface area contributed by atoms with Crippen LogP contribution in [0.3, 0.4) is 0 Å². The average molecular weight is 198 g/mol. The molecule has 0 spiro atoms. The van der Waals surface area contributed by atoms with Crippen LogP contribution in [0.5, 0.6) is 0 Å². The smallest absolute Gasteiger partial charge is 0.195 e. The fourth-order valence-corrected chi connectivity index (χ4v) is 1.08. The first-order chi connectivity index (χ1) is 6.63. The average Bonchev–Trinajstić information content (AvgIpc) is 2.62. The van der Waals surface area contributed by atoms with Crippen molar-refractivity contribution >= 4 is 0 Å². The molecule has 0 aliphatic heterocycles. The molecular weight excluding hydrogens is 180 g/mol. The lowest BCUT2D eigenvalue weighted by molar-refractivity contribution is 0.271. The number of aliphatic hydroxyl groups is 1. The lowest BCUT2D eigenvalue weighted by Gasteiger charge is -2.06. The van der Waals surface area contributed by atoms with Crippen molar-refractivity contribution in [2.24, 2.45) is 0 Å².